The highest BCUT2D eigenvalue weighted by molar-refractivity contribution is 5.68. The number of rotatable bonds is 6. The number of amides is 1. The summed E-state index contributed by atoms with van der Waals surface area (Å²) in [6, 6.07) is 2.39. The van der Waals surface area contributed by atoms with Crippen molar-refractivity contribution in [2.45, 2.75) is 39.3 Å². The van der Waals surface area contributed by atoms with Gasteiger partial charge in [0.15, 0.2) is 11.6 Å². The zero-order valence-electron chi connectivity index (χ0n) is 14.1. The van der Waals surface area contributed by atoms with Crippen molar-refractivity contribution in [3.63, 3.8) is 0 Å². The van der Waals surface area contributed by atoms with Crippen molar-refractivity contribution in [1.29, 1.82) is 0 Å². The highest BCUT2D eigenvalue weighted by Gasteiger charge is 2.27. The zero-order valence-corrected chi connectivity index (χ0v) is 14.1. The lowest BCUT2D eigenvalue weighted by atomic mass is 10.1. The number of nitrogens with one attached hydrogen (secondary N) is 1. The molecule has 1 atom stereocenters. The van der Waals surface area contributed by atoms with E-state index in [2.05, 4.69) is 5.32 Å². The lowest BCUT2D eigenvalue weighted by molar-refractivity contribution is 0.0697. The molecule has 1 amide bonds. The van der Waals surface area contributed by atoms with Crippen molar-refractivity contribution in [3.05, 3.63) is 29.3 Å². The van der Waals surface area contributed by atoms with Gasteiger partial charge in [0.25, 0.3) is 0 Å². The molecule has 134 valence electrons. The van der Waals surface area contributed by atoms with E-state index >= 15 is 0 Å². The van der Waals surface area contributed by atoms with Gasteiger partial charge in [0.05, 0.1) is 12.2 Å². The van der Waals surface area contributed by atoms with Crippen molar-refractivity contribution in [2.75, 3.05) is 26.2 Å². The molecule has 1 aromatic carbocycles. The number of piperazine rings is 1. The molecule has 0 bridgehead atoms. The van der Waals surface area contributed by atoms with Gasteiger partial charge < -0.3 is 19.7 Å². The van der Waals surface area contributed by atoms with Crippen LogP contribution in [0.5, 0.6) is 5.75 Å². The number of hydrogen-bond donors (Lipinski definition) is 1. The molecular weight excluding hydrogens is 318 g/mol. The zero-order chi connectivity index (χ0) is 17.5. The molecular formula is C17H24F2N2O3. The third-order valence-corrected chi connectivity index (χ3v) is 4.01. The van der Waals surface area contributed by atoms with Gasteiger partial charge in [-0.1, -0.05) is 13.8 Å². The summed E-state index contributed by atoms with van der Waals surface area (Å²) in [5.41, 5.74) is -0.292. The second kappa shape index (κ2) is 8.82. The Labute approximate surface area is 140 Å². The molecule has 5 nitrogen and oxygen atoms in total. The molecule has 24 heavy (non-hydrogen) atoms. The minimum atomic E-state index is -0.816. The van der Waals surface area contributed by atoms with E-state index in [0.29, 0.717) is 32.7 Å². The number of carbonyl (C=O) groups excluding carboxylic acids is 1. The number of carbonyl (C=O) groups is 1. The van der Waals surface area contributed by atoms with Crippen molar-refractivity contribution >= 4 is 6.09 Å². The van der Waals surface area contributed by atoms with Crippen molar-refractivity contribution < 1.29 is 23.0 Å². The van der Waals surface area contributed by atoms with Crippen LogP contribution in [0.2, 0.25) is 0 Å². The minimum Gasteiger partial charge on any atom is -0.491 e. The van der Waals surface area contributed by atoms with Gasteiger partial charge in [-0.05, 0) is 25.0 Å². The van der Waals surface area contributed by atoms with Crippen LogP contribution in [-0.4, -0.2) is 43.3 Å². The van der Waals surface area contributed by atoms with Gasteiger partial charge in [0.1, 0.15) is 12.4 Å². The summed E-state index contributed by atoms with van der Waals surface area (Å²) in [6.45, 7) is 5.62. The summed E-state index contributed by atoms with van der Waals surface area (Å²) in [5, 5.41) is 3.20. The highest BCUT2D eigenvalue weighted by Crippen LogP contribution is 2.24. The van der Waals surface area contributed by atoms with Gasteiger partial charge >= 0.3 is 6.09 Å². The third kappa shape index (κ3) is 4.35. The van der Waals surface area contributed by atoms with Crippen LogP contribution < -0.4 is 10.1 Å². The average molecular weight is 342 g/mol. The van der Waals surface area contributed by atoms with Gasteiger partial charge in [-0.3, -0.25) is 0 Å². The van der Waals surface area contributed by atoms with Crippen LogP contribution in [-0.2, 0) is 11.3 Å². The van der Waals surface area contributed by atoms with E-state index < -0.39 is 24.3 Å². The highest BCUT2D eigenvalue weighted by atomic mass is 19.1. The normalized spacial score (nSPS) is 17.7. The smallest absolute Gasteiger partial charge is 0.410 e. The molecule has 1 fully saturated rings. The molecule has 1 aliphatic rings. The fraction of sp³-hybridized carbons (Fsp3) is 0.588. The maximum atomic E-state index is 14.3. The van der Waals surface area contributed by atoms with E-state index in [-0.39, 0.29) is 17.4 Å². The molecule has 1 aliphatic heterocycles. The van der Waals surface area contributed by atoms with Crippen LogP contribution in [0.25, 0.3) is 0 Å². The van der Waals surface area contributed by atoms with E-state index in [9.17, 15) is 13.6 Å². The Hall–Kier alpha value is -1.89. The van der Waals surface area contributed by atoms with Gasteiger partial charge in [-0.25, -0.2) is 13.6 Å². The van der Waals surface area contributed by atoms with Crippen LogP contribution >= 0.6 is 0 Å². The lowest BCUT2D eigenvalue weighted by Crippen LogP contribution is -2.53. The van der Waals surface area contributed by atoms with E-state index in [1.807, 2.05) is 13.8 Å². The predicted molar refractivity (Wildman–Crippen MR) is 86.0 cm³/mol. The lowest BCUT2D eigenvalue weighted by Gasteiger charge is -2.34. The molecule has 1 aromatic rings. The topological polar surface area (TPSA) is 50.8 Å². The number of benzene rings is 1. The second-order valence-corrected chi connectivity index (χ2v) is 5.70. The van der Waals surface area contributed by atoms with Crippen LogP contribution in [0.3, 0.4) is 0 Å². The number of ether oxygens (including phenoxy) is 2. The number of hydrogen-bond acceptors (Lipinski definition) is 4. The molecule has 2 rings (SSSR count). The fourth-order valence-corrected chi connectivity index (χ4v) is 2.61. The fourth-order valence-electron chi connectivity index (χ4n) is 2.61. The Morgan fingerprint density at radius 3 is 2.88 bits per heavy atom. The van der Waals surface area contributed by atoms with Gasteiger partial charge in [0, 0.05) is 25.7 Å². The molecule has 1 heterocycles. The molecule has 0 saturated carbocycles. The van der Waals surface area contributed by atoms with Gasteiger partial charge in [-0.2, -0.15) is 0 Å². The molecule has 1 saturated heterocycles. The second-order valence-electron chi connectivity index (χ2n) is 5.70. The molecule has 1 N–H and O–H groups in total. The summed E-state index contributed by atoms with van der Waals surface area (Å²) in [5.74, 6) is -1.60. The molecule has 0 aliphatic carbocycles. The van der Waals surface area contributed by atoms with Crippen molar-refractivity contribution in [2.24, 2.45) is 0 Å². The Balaban J connectivity index is 2.03. The first-order valence-electron chi connectivity index (χ1n) is 8.32. The SMILES string of the molecule is CCCOc1ccc(F)c(COC(=O)N2CCNC[C@H]2CC)c1F. The van der Waals surface area contributed by atoms with E-state index in [1.54, 1.807) is 4.90 Å². The molecule has 0 unspecified atom stereocenters. The quantitative estimate of drug-likeness (QED) is 0.863. The summed E-state index contributed by atoms with van der Waals surface area (Å²) in [7, 11) is 0. The summed E-state index contributed by atoms with van der Waals surface area (Å²) < 4.78 is 38.6. The summed E-state index contributed by atoms with van der Waals surface area (Å²) >= 11 is 0. The minimum absolute atomic E-state index is 0.0279. The van der Waals surface area contributed by atoms with Crippen molar-refractivity contribution in [3.8, 4) is 5.75 Å². The van der Waals surface area contributed by atoms with Gasteiger partial charge in [0.2, 0.25) is 0 Å². The van der Waals surface area contributed by atoms with E-state index in [4.69, 9.17) is 9.47 Å². The summed E-state index contributed by atoms with van der Waals surface area (Å²) in [4.78, 5) is 13.8. The monoisotopic (exact) mass is 342 g/mol. The van der Waals surface area contributed by atoms with Crippen LogP contribution in [0.15, 0.2) is 12.1 Å². The van der Waals surface area contributed by atoms with Crippen molar-refractivity contribution in [1.82, 2.24) is 10.2 Å². The maximum absolute atomic E-state index is 14.3. The Bertz CT molecular complexity index is 569. The molecule has 0 spiro atoms. The average Bonchev–Trinajstić information content (AvgIpc) is 2.60. The maximum Gasteiger partial charge on any atom is 0.410 e. The first-order chi connectivity index (χ1) is 11.6. The largest absolute Gasteiger partial charge is 0.491 e. The molecule has 0 radical (unpaired) electrons. The Morgan fingerprint density at radius 2 is 2.17 bits per heavy atom. The third-order valence-electron chi connectivity index (χ3n) is 4.01. The van der Waals surface area contributed by atoms with Crippen LogP contribution in [0.1, 0.15) is 32.3 Å². The summed E-state index contributed by atoms with van der Waals surface area (Å²) in [6.07, 6.45) is 0.940. The van der Waals surface area contributed by atoms with Gasteiger partial charge in [-0.15, -0.1) is 0 Å². The molecule has 0 aromatic heterocycles. The number of halogens is 2. The van der Waals surface area contributed by atoms with Crippen LogP contribution in [0, 0.1) is 11.6 Å². The first kappa shape index (κ1) is 18.4. The van der Waals surface area contributed by atoms with E-state index in [0.717, 1.165) is 12.5 Å². The predicted octanol–water partition coefficient (Wildman–Crippen LogP) is 3.07. The Kier molecular flexibility index (Phi) is 6.78. The van der Waals surface area contributed by atoms with Crippen LogP contribution in [0.4, 0.5) is 13.6 Å². The number of nitrogens with zero attached hydrogens (tertiary/aromatic N) is 1. The Morgan fingerprint density at radius 1 is 1.38 bits per heavy atom. The molecule has 7 heteroatoms. The first-order valence-corrected chi connectivity index (χ1v) is 8.32. The standard InChI is InChI=1S/C17H24F2N2O3/c1-3-9-23-15-6-5-14(18)13(16(15)19)11-24-17(22)21-8-7-20-10-12(21)4-2/h5-6,12,20H,3-4,7-11H2,1-2H3/t12-/m1/s1. The van der Waals surface area contributed by atoms with E-state index in [1.165, 1.54) is 6.07 Å².